The van der Waals surface area contributed by atoms with Crippen LogP contribution in [0.4, 0.5) is 43.8 Å². The maximum atomic E-state index is 13.3. The van der Waals surface area contributed by atoms with Crippen molar-refractivity contribution in [1.29, 1.82) is 0 Å². The molecule has 1 aliphatic heterocycles. The van der Waals surface area contributed by atoms with Crippen molar-refractivity contribution in [3.05, 3.63) is 47.5 Å². The predicted octanol–water partition coefficient (Wildman–Crippen LogP) is 6.40. The second kappa shape index (κ2) is 9.76. The molecule has 6 nitrogen and oxygen atoms in total. The number of aromatic nitrogens is 2. The Hall–Kier alpha value is -3.28. The molecule has 4 rings (SSSR count). The smallest absolute Gasteiger partial charge is 0.416 e. The van der Waals surface area contributed by atoms with E-state index in [-0.39, 0.29) is 23.9 Å². The van der Waals surface area contributed by atoms with Crippen molar-refractivity contribution < 1.29 is 35.8 Å². The quantitative estimate of drug-likeness (QED) is 0.366. The molecule has 2 aromatic carbocycles. The molecule has 0 spiro atoms. The largest absolute Gasteiger partial charge is 0.494 e. The van der Waals surface area contributed by atoms with E-state index in [9.17, 15) is 26.3 Å². The van der Waals surface area contributed by atoms with E-state index in [0.29, 0.717) is 48.5 Å². The zero-order valence-corrected chi connectivity index (χ0v) is 18.6. The summed E-state index contributed by atoms with van der Waals surface area (Å²) in [5.41, 5.74) is -2.86. The van der Waals surface area contributed by atoms with Crippen LogP contribution in [0.2, 0.25) is 0 Å². The van der Waals surface area contributed by atoms with Crippen LogP contribution in [0.25, 0.3) is 10.9 Å². The van der Waals surface area contributed by atoms with E-state index in [1.165, 1.54) is 0 Å². The average molecular weight is 500 g/mol. The first-order valence-electron chi connectivity index (χ1n) is 10.9. The average Bonchev–Trinajstić information content (AvgIpc) is 3.30. The number of alkyl halides is 6. The Morgan fingerprint density at radius 2 is 1.71 bits per heavy atom. The van der Waals surface area contributed by atoms with Crippen molar-refractivity contribution in [2.24, 2.45) is 0 Å². The van der Waals surface area contributed by atoms with Gasteiger partial charge in [-0.3, -0.25) is 0 Å². The number of nitrogens with zero attached hydrogens (tertiary/aromatic N) is 2. The number of ether oxygens (including phenoxy) is 2. The zero-order valence-electron chi connectivity index (χ0n) is 18.6. The minimum atomic E-state index is -4.97. The van der Waals surface area contributed by atoms with Gasteiger partial charge in [-0.1, -0.05) is 0 Å². The molecular formula is C23H22F6N4O2. The number of fused-ring (bicyclic) bond motifs is 1. The summed E-state index contributed by atoms with van der Waals surface area (Å²) in [7, 11) is 0. The van der Waals surface area contributed by atoms with Gasteiger partial charge in [-0.05, 0) is 56.2 Å². The molecule has 1 fully saturated rings. The molecule has 2 heterocycles. The summed E-state index contributed by atoms with van der Waals surface area (Å²) in [5, 5.41) is 6.03. The van der Waals surface area contributed by atoms with Gasteiger partial charge < -0.3 is 20.1 Å². The molecule has 3 aromatic rings. The highest BCUT2D eigenvalue weighted by Gasteiger charge is 2.37. The lowest BCUT2D eigenvalue weighted by Crippen LogP contribution is -2.20. The summed E-state index contributed by atoms with van der Waals surface area (Å²) < 4.78 is 90.9. The summed E-state index contributed by atoms with van der Waals surface area (Å²) in [6, 6.07) is 6.16. The number of nitrogens with one attached hydrogen (secondary N) is 2. The predicted molar refractivity (Wildman–Crippen MR) is 118 cm³/mol. The molecule has 1 aromatic heterocycles. The maximum Gasteiger partial charge on any atom is 0.416 e. The number of halogens is 6. The van der Waals surface area contributed by atoms with Crippen LogP contribution >= 0.6 is 0 Å². The Kier molecular flexibility index (Phi) is 6.93. The Morgan fingerprint density at radius 1 is 1.00 bits per heavy atom. The van der Waals surface area contributed by atoms with Crippen LogP contribution in [0.3, 0.4) is 0 Å². The molecule has 35 heavy (non-hydrogen) atoms. The van der Waals surface area contributed by atoms with Crippen LogP contribution in [0.5, 0.6) is 5.75 Å². The van der Waals surface area contributed by atoms with Crippen molar-refractivity contribution in [2.75, 3.05) is 30.4 Å². The maximum absolute atomic E-state index is 13.3. The Bertz CT molecular complexity index is 1160. The monoisotopic (exact) mass is 500 g/mol. The fourth-order valence-electron chi connectivity index (χ4n) is 3.71. The summed E-state index contributed by atoms with van der Waals surface area (Å²) in [4.78, 5) is 8.76. The van der Waals surface area contributed by atoms with Crippen molar-refractivity contribution in [3.8, 4) is 5.75 Å². The van der Waals surface area contributed by atoms with Crippen LogP contribution in [-0.4, -0.2) is 35.8 Å². The van der Waals surface area contributed by atoms with Crippen LogP contribution < -0.4 is 15.4 Å². The number of hydrogen-bond acceptors (Lipinski definition) is 6. The van der Waals surface area contributed by atoms with Gasteiger partial charge >= 0.3 is 12.4 Å². The molecule has 0 radical (unpaired) electrons. The normalized spacial score (nSPS) is 16.5. The fourth-order valence-corrected chi connectivity index (χ4v) is 3.71. The number of benzene rings is 2. The minimum Gasteiger partial charge on any atom is -0.494 e. The lowest BCUT2D eigenvalue weighted by Gasteiger charge is -2.17. The Labute approximate surface area is 196 Å². The molecule has 1 aliphatic rings. The highest BCUT2D eigenvalue weighted by atomic mass is 19.4. The van der Waals surface area contributed by atoms with Crippen molar-refractivity contribution in [2.45, 2.75) is 38.2 Å². The van der Waals surface area contributed by atoms with Crippen LogP contribution in [0.15, 0.2) is 36.4 Å². The molecule has 0 bridgehead atoms. The SMILES string of the molecule is CCOc1ccc2nc(NCC3CCCO3)nc(Nc3cc(C(F)(F)F)cc(C(F)(F)F)c3)c2c1. The molecule has 1 saturated heterocycles. The van der Waals surface area contributed by atoms with Crippen LogP contribution in [0, 0.1) is 0 Å². The third kappa shape index (κ3) is 6.05. The summed E-state index contributed by atoms with van der Waals surface area (Å²) in [6.07, 6.45) is -8.20. The number of anilines is 3. The van der Waals surface area contributed by atoms with Crippen LogP contribution in [0.1, 0.15) is 30.9 Å². The van der Waals surface area contributed by atoms with E-state index in [0.717, 1.165) is 12.8 Å². The van der Waals surface area contributed by atoms with Gasteiger partial charge in [-0.15, -0.1) is 0 Å². The molecule has 1 unspecified atom stereocenters. The second-order valence-corrected chi connectivity index (χ2v) is 7.94. The van der Waals surface area contributed by atoms with Crippen LogP contribution in [-0.2, 0) is 17.1 Å². The molecule has 188 valence electrons. The van der Waals surface area contributed by atoms with Crippen molar-refractivity contribution in [1.82, 2.24) is 9.97 Å². The molecule has 0 saturated carbocycles. The fraction of sp³-hybridized carbons (Fsp3) is 0.391. The summed E-state index contributed by atoms with van der Waals surface area (Å²) in [6.45, 7) is 3.19. The molecule has 1 atom stereocenters. The van der Waals surface area contributed by atoms with Crippen molar-refractivity contribution in [3.63, 3.8) is 0 Å². The Balaban J connectivity index is 1.76. The van der Waals surface area contributed by atoms with Gasteiger partial charge in [0.05, 0.1) is 29.4 Å². The van der Waals surface area contributed by atoms with Gasteiger partial charge in [0.15, 0.2) is 0 Å². The van der Waals surface area contributed by atoms with Gasteiger partial charge in [-0.2, -0.15) is 31.3 Å². The molecular weight excluding hydrogens is 478 g/mol. The first-order chi connectivity index (χ1) is 16.5. The van der Waals surface area contributed by atoms with E-state index >= 15 is 0 Å². The highest BCUT2D eigenvalue weighted by Crippen LogP contribution is 2.39. The summed E-state index contributed by atoms with van der Waals surface area (Å²) in [5.74, 6) is 0.633. The van der Waals surface area contributed by atoms with E-state index in [1.807, 2.05) is 0 Å². The number of hydrogen-bond donors (Lipinski definition) is 2. The van der Waals surface area contributed by atoms with E-state index < -0.39 is 29.2 Å². The first kappa shape index (κ1) is 24.8. The van der Waals surface area contributed by atoms with E-state index in [2.05, 4.69) is 20.6 Å². The summed E-state index contributed by atoms with van der Waals surface area (Å²) >= 11 is 0. The van der Waals surface area contributed by atoms with E-state index in [4.69, 9.17) is 9.47 Å². The third-order valence-electron chi connectivity index (χ3n) is 5.34. The lowest BCUT2D eigenvalue weighted by atomic mass is 10.1. The van der Waals surface area contributed by atoms with E-state index in [1.54, 1.807) is 25.1 Å². The molecule has 2 N–H and O–H groups in total. The number of rotatable bonds is 7. The van der Waals surface area contributed by atoms with Gasteiger partial charge in [0.25, 0.3) is 0 Å². The van der Waals surface area contributed by atoms with Gasteiger partial charge in [0.2, 0.25) is 5.95 Å². The van der Waals surface area contributed by atoms with Gasteiger partial charge in [-0.25, -0.2) is 4.98 Å². The second-order valence-electron chi connectivity index (χ2n) is 7.94. The molecule has 12 heteroatoms. The lowest BCUT2D eigenvalue weighted by molar-refractivity contribution is -0.143. The third-order valence-corrected chi connectivity index (χ3v) is 5.34. The molecule has 0 amide bonds. The minimum absolute atomic E-state index is 0.0267. The zero-order chi connectivity index (χ0) is 25.2. The highest BCUT2D eigenvalue weighted by molar-refractivity contribution is 5.92. The molecule has 0 aliphatic carbocycles. The Morgan fingerprint density at radius 3 is 2.31 bits per heavy atom. The standard InChI is InChI=1S/C23H22F6N4O2/c1-2-34-16-5-6-19-18(11-16)20(33-21(32-19)30-12-17-4-3-7-35-17)31-15-9-13(22(24,25)26)8-14(10-15)23(27,28)29/h5-6,8-11,17H,2-4,7,12H2,1H3,(H2,30,31,32,33). The van der Waals surface area contributed by atoms with Gasteiger partial charge in [0.1, 0.15) is 11.6 Å². The first-order valence-corrected chi connectivity index (χ1v) is 10.9. The topological polar surface area (TPSA) is 68.3 Å². The van der Waals surface area contributed by atoms with Gasteiger partial charge in [0, 0.05) is 24.2 Å². The van der Waals surface area contributed by atoms with Crippen molar-refractivity contribution >= 4 is 28.4 Å².